The lowest BCUT2D eigenvalue weighted by molar-refractivity contribution is -0.116. The number of anilines is 1. The standard InChI is InChI=1S/C22H20N4O3/c1-15-8-9-18-19(13-15)22(29)25(21(18)28)11-3-7-20(27)24-16-5-2-6-17(14-16)26-12-4-10-23-26/h2,4-6,8-10,12-14H,3,7,11H2,1H3,(H,24,27). The molecule has 1 aliphatic heterocycles. The van der Waals surface area contributed by atoms with Gasteiger partial charge in [-0.05, 0) is 49.7 Å². The lowest BCUT2D eigenvalue weighted by atomic mass is 10.1. The zero-order valence-corrected chi connectivity index (χ0v) is 16.0. The van der Waals surface area contributed by atoms with E-state index < -0.39 is 0 Å². The summed E-state index contributed by atoms with van der Waals surface area (Å²) >= 11 is 0. The molecule has 1 aromatic heterocycles. The first-order valence-corrected chi connectivity index (χ1v) is 9.40. The summed E-state index contributed by atoms with van der Waals surface area (Å²) in [4.78, 5) is 38.4. The van der Waals surface area contributed by atoms with Crippen LogP contribution in [0, 0.1) is 6.92 Å². The third-order valence-electron chi connectivity index (χ3n) is 4.81. The topological polar surface area (TPSA) is 84.3 Å². The average Bonchev–Trinajstić information content (AvgIpc) is 3.32. The van der Waals surface area contributed by atoms with Crippen molar-refractivity contribution in [2.45, 2.75) is 19.8 Å². The quantitative estimate of drug-likeness (QED) is 0.657. The number of carbonyl (C=O) groups is 3. The minimum atomic E-state index is -0.294. The van der Waals surface area contributed by atoms with E-state index in [-0.39, 0.29) is 30.7 Å². The molecule has 146 valence electrons. The number of nitrogens with one attached hydrogen (secondary N) is 1. The van der Waals surface area contributed by atoms with E-state index in [1.54, 1.807) is 29.1 Å². The minimum absolute atomic E-state index is 0.171. The van der Waals surface area contributed by atoms with Gasteiger partial charge in [-0.25, -0.2) is 4.68 Å². The molecular weight excluding hydrogens is 368 g/mol. The molecule has 2 heterocycles. The Balaban J connectivity index is 1.33. The Morgan fingerprint density at radius 3 is 2.66 bits per heavy atom. The molecule has 3 amide bonds. The van der Waals surface area contributed by atoms with Gasteiger partial charge in [-0.1, -0.05) is 17.7 Å². The van der Waals surface area contributed by atoms with Crippen molar-refractivity contribution in [3.63, 3.8) is 0 Å². The highest BCUT2D eigenvalue weighted by Gasteiger charge is 2.34. The molecule has 7 heteroatoms. The van der Waals surface area contributed by atoms with Gasteiger partial charge >= 0.3 is 0 Å². The van der Waals surface area contributed by atoms with Gasteiger partial charge in [0.2, 0.25) is 5.91 Å². The molecule has 0 saturated carbocycles. The van der Waals surface area contributed by atoms with Crippen LogP contribution in [0.25, 0.3) is 5.69 Å². The van der Waals surface area contributed by atoms with Crippen LogP contribution in [-0.4, -0.2) is 38.9 Å². The Hall–Kier alpha value is -3.74. The van der Waals surface area contributed by atoms with Crippen LogP contribution < -0.4 is 5.32 Å². The first-order valence-electron chi connectivity index (χ1n) is 9.40. The predicted octanol–water partition coefficient (Wildman–Crippen LogP) is 3.20. The molecule has 4 rings (SSSR count). The van der Waals surface area contributed by atoms with E-state index in [1.165, 1.54) is 4.90 Å². The number of rotatable bonds is 6. The number of carbonyl (C=O) groups excluding carboxylic acids is 3. The Labute approximate surface area is 167 Å². The lowest BCUT2D eigenvalue weighted by Gasteiger charge is -2.13. The van der Waals surface area contributed by atoms with Crippen molar-refractivity contribution in [2.75, 3.05) is 11.9 Å². The summed E-state index contributed by atoms with van der Waals surface area (Å²) < 4.78 is 1.71. The van der Waals surface area contributed by atoms with Crippen LogP contribution in [0.4, 0.5) is 5.69 Å². The van der Waals surface area contributed by atoms with Crippen molar-refractivity contribution >= 4 is 23.4 Å². The van der Waals surface area contributed by atoms with Gasteiger partial charge in [0.25, 0.3) is 11.8 Å². The number of hydrogen-bond acceptors (Lipinski definition) is 4. The summed E-state index contributed by atoms with van der Waals surface area (Å²) in [5.74, 6) is -0.756. The van der Waals surface area contributed by atoms with Gasteiger partial charge in [0, 0.05) is 31.0 Å². The molecule has 0 spiro atoms. The second-order valence-electron chi connectivity index (χ2n) is 6.96. The Bertz CT molecular complexity index is 1090. The molecule has 29 heavy (non-hydrogen) atoms. The Morgan fingerprint density at radius 1 is 1.03 bits per heavy atom. The molecule has 0 unspecified atom stereocenters. The van der Waals surface area contributed by atoms with Gasteiger partial charge in [-0.3, -0.25) is 19.3 Å². The summed E-state index contributed by atoms with van der Waals surface area (Å²) in [7, 11) is 0. The van der Waals surface area contributed by atoms with Crippen molar-refractivity contribution in [1.82, 2.24) is 14.7 Å². The lowest BCUT2D eigenvalue weighted by Crippen LogP contribution is -2.31. The summed E-state index contributed by atoms with van der Waals surface area (Å²) in [5, 5.41) is 7.02. The van der Waals surface area contributed by atoms with E-state index in [1.807, 2.05) is 43.5 Å². The van der Waals surface area contributed by atoms with E-state index in [0.29, 0.717) is 23.2 Å². The molecule has 0 aliphatic carbocycles. The largest absolute Gasteiger partial charge is 0.326 e. The molecule has 0 bridgehead atoms. The van der Waals surface area contributed by atoms with Crippen LogP contribution in [0.3, 0.4) is 0 Å². The van der Waals surface area contributed by atoms with Gasteiger partial charge < -0.3 is 5.32 Å². The fourth-order valence-corrected chi connectivity index (χ4v) is 3.38. The summed E-state index contributed by atoms with van der Waals surface area (Å²) in [6, 6.07) is 14.4. The molecule has 7 nitrogen and oxygen atoms in total. The van der Waals surface area contributed by atoms with E-state index in [4.69, 9.17) is 0 Å². The third kappa shape index (κ3) is 3.80. The van der Waals surface area contributed by atoms with Crippen LogP contribution >= 0.6 is 0 Å². The fraction of sp³-hybridized carbons (Fsp3) is 0.182. The fourth-order valence-electron chi connectivity index (χ4n) is 3.38. The zero-order chi connectivity index (χ0) is 20.4. The highest BCUT2D eigenvalue weighted by Crippen LogP contribution is 2.24. The summed E-state index contributed by atoms with van der Waals surface area (Å²) in [6.45, 7) is 2.10. The molecule has 0 saturated heterocycles. The van der Waals surface area contributed by atoms with Gasteiger partial charge in [0.05, 0.1) is 16.8 Å². The maximum atomic E-state index is 12.5. The third-order valence-corrected chi connectivity index (χ3v) is 4.81. The first kappa shape index (κ1) is 18.6. The van der Waals surface area contributed by atoms with E-state index in [9.17, 15) is 14.4 Å². The van der Waals surface area contributed by atoms with E-state index in [0.717, 1.165) is 11.3 Å². The van der Waals surface area contributed by atoms with Gasteiger partial charge in [-0.15, -0.1) is 0 Å². The number of imide groups is 1. The summed E-state index contributed by atoms with van der Waals surface area (Å²) in [5.41, 5.74) is 3.31. The maximum Gasteiger partial charge on any atom is 0.261 e. The van der Waals surface area contributed by atoms with Crippen LogP contribution in [0.2, 0.25) is 0 Å². The highest BCUT2D eigenvalue weighted by molar-refractivity contribution is 6.21. The Kier molecular flexibility index (Phi) is 4.95. The first-order chi connectivity index (χ1) is 14.0. The molecule has 3 aromatic rings. The second kappa shape index (κ2) is 7.71. The van der Waals surface area contributed by atoms with Crippen molar-refractivity contribution in [3.05, 3.63) is 77.6 Å². The molecule has 1 N–H and O–H groups in total. The number of aryl methyl sites for hydroxylation is 1. The van der Waals surface area contributed by atoms with E-state index in [2.05, 4.69) is 10.4 Å². The van der Waals surface area contributed by atoms with Crippen LogP contribution in [-0.2, 0) is 4.79 Å². The molecule has 1 aliphatic rings. The van der Waals surface area contributed by atoms with Crippen molar-refractivity contribution in [2.24, 2.45) is 0 Å². The highest BCUT2D eigenvalue weighted by atomic mass is 16.2. The van der Waals surface area contributed by atoms with Crippen molar-refractivity contribution < 1.29 is 14.4 Å². The molecular formula is C22H20N4O3. The van der Waals surface area contributed by atoms with Gasteiger partial charge in [0.1, 0.15) is 0 Å². The predicted molar refractivity (Wildman–Crippen MR) is 108 cm³/mol. The molecule has 0 atom stereocenters. The number of benzene rings is 2. The minimum Gasteiger partial charge on any atom is -0.326 e. The number of amides is 3. The monoisotopic (exact) mass is 388 g/mol. The van der Waals surface area contributed by atoms with Crippen LogP contribution in [0.5, 0.6) is 0 Å². The van der Waals surface area contributed by atoms with Crippen molar-refractivity contribution in [3.8, 4) is 5.69 Å². The normalized spacial score (nSPS) is 12.9. The Morgan fingerprint density at radius 2 is 1.86 bits per heavy atom. The SMILES string of the molecule is Cc1ccc2c(c1)C(=O)N(CCCC(=O)Nc1cccc(-n3cccn3)c1)C2=O. The number of fused-ring (bicyclic) bond motifs is 1. The second-order valence-corrected chi connectivity index (χ2v) is 6.96. The zero-order valence-electron chi connectivity index (χ0n) is 16.0. The molecule has 2 aromatic carbocycles. The average molecular weight is 388 g/mol. The number of hydrogen-bond donors (Lipinski definition) is 1. The van der Waals surface area contributed by atoms with Crippen molar-refractivity contribution in [1.29, 1.82) is 0 Å². The van der Waals surface area contributed by atoms with Crippen LogP contribution in [0.15, 0.2) is 60.9 Å². The van der Waals surface area contributed by atoms with E-state index >= 15 is 0 Å². The van der Waals surface area contributed by atoms with Gasteiger partial charge in [-0.2, -0.15) is 5.10 Å². The molecule has 0 fully saturated rings. The smallest absolute Gasteiger partial charge is 0.261 e. The van der Waals surface area contributed by atoms with Crippen LogP contribution in [0.1, 0.15) is 39.1 Å². The van der Waals surface area contributed by atoms with Gasteiger partial charge in [0.15, 0.2) is 0 Å². The number of nitrogens with zero attached hydrogens (tertiary/aromatic N) is 3. The number of aromatic nitrogens is 2. The maximum absolute atomic E-state index is 12.5. The molecule has 0 radical (unpaired) electrons. The summed E-state index contributed by atoms with van der Waals surface area (Å²) in [6.07, 6.45) is 4.11.